The van der Waals surface area contributed by atoms with Gasteiger partial charge < -0.3 is 14.4 Å². The van der Waals surface area contributed by atoms with Gasteiger partial charge in [0.1, 0.15) is 11.5 Å². The van der Waals surface area contributed by atoms with Crippen LogP contribution in [0.2, 0.25) is 0 Å². The van der Waals surface area contributed by atoms with Crippen LogP contribution in [-0.4, -0.2) is 25.5 Å². The fourth-order valence-electron chi connectivity index (χ4n) is 3.76. The first-order chi connectivity index (χ1) is 13.0. The molecule has 1 unspecified atom stereocenters. The summed E-state index contributed by atoms with van der Waals surface area (Å²) in [7, 11) is 0. The number of carbonyl (C=O) groups excluding carboxylic acids is 1. The van der Waals surface area contributed by atoms with E-state index in [2.05, 4.69) is 67.3 Å². The molecule has 0 N–H and O–H groups in total. The summed E-state index contributed by atoms with van der Waals surface area (Å²) in [4.78, 5) is 13.6. The normalized spacial score (nSPS) is 15.3. The molecule has 0 radical (unpaired) electrons. The highest BCUT2D eigenvalue weighted by molar-refractivity contribution is 5.75. The van der Waals surface area contributed by atoms with Crippen molar-refractivity contribution in [1.82, 2.24) is 0 Å². The second kappa shape index (κ2) is 9.07. The summed E-state index contributed by atoms with van der Waals surface area (Å²) in [6.45, 7) is 8.85. The van der Waals surface area contributed by atoms with Gasteiger partial charge in [0.25, 0.3) is 0 Å². The van der Waals surface area contributed by atoms with Crippen molar-refractivity contribution in [2.45, 2.75) is 46.0 Å². The maximum absolute atomic E-state index is 11.2. The lowest BCUT2D eigenvalue weighted by molar-refractivity contribution is -0.117. The highest BCUT2D eigenvalue weighted by Gasteiger charge is 2.28. The monoisotopic (exact) mass is 365 g/mol. The number of carbonyl (C=O) groups is 1. The molecule has 2 aromatic rings. The molecule has 0 bridgehead atoms. The van der Waals surface area contributed by atoms with Gasteiger partial charge in [-0.25, -0.2) is 0 Å². The van der Waals surface area contributed by atoms with Gasteiger partial charge in [0.05, 0.1) is 6.61 Å². The predicted octanol–water partition coefficient (Wildman–Crippen LogP) is 5.24. The van der Waals surface area contributed by atoms with Gasteiger partial charge in [-0.05, 0) is 61.1 Å². The van der Waals surface area contributed by atoms with Crippen LogP contribution < -0.4 is 9.64 Å². The van der Waals surface area contributed by atoms with Crippen LogP contribution in [0.4, 0.5) is 5.69 Å². The Morgan fingerprint density at radius 1 is 1.11 bits per heavy atom. The molecule has 2 aromatic carbocycles. The molecule has 3 heteroatoms. The number of rotatable bonds is 9. The SMILES string of the molecule is CCCOc1ccc(N2CC(c3ccc(CC(C)CC(C)=O)cc3)C2)cc1. The van der Waals surface area contributed by atoms with Gasteiger partial charge in [0.2, 0.25) is 0 Å². The Kier molecular flexibility index (Phi) is 6.54. The van der Waals surface area contributed by atoms with Crippen molar-refractivity contribution in [2.75, 3.05) is 24.6 Å². The molecule has 1 fully saturated rings. The fourth-order valence-corrected chi connectivity index (χ4v) is 3.76. The van der Waals surface area contributed by atoms with E-state index in [0.717, 1.165) is 38.3 Å². The maximum Gasteiger partial charge on any atom is 0.130 e. The molecule has 1 atom stereocenters. The Hall–Kier alpha value is -2.29. The molecular formula is C24H31NO2. The van der Waals surface area contributed by atoms with Crippen LogP contribution in [0, 0.1) is 5.92 Å². The molecule has 27 heavy (non-hydrogen) atoms. The maximum atomic E-state index is 11.2. The molecule has 0 amide bonds. The summed E-state index contributed by atoms with van der Waals surface area (Å²) >= 11 is 0. The van der Waals surface area contributed by atoms with E-state index < -0.39 is 0 Å². The minimum atomic E-state index is 0.277. The molecule has 1 saturated heterocycles. The Balaban J connectivity index is 1.49. The third-order valence-corrected chi connectivity index (χ3v) is 5.23. The first-order valence-electron chi connectivity index (χ1n) is 10.1. The highest BCUT2D eigenvalue weighted by atomic mass is 16.5. The zero-order chi connectivity index (χ0) is 19.2. The number of hydrogen-bond donors (Lipinski definition) is 0. The van der Waals surface area contributed by atoms with Crippen molar-refractivity contribution in [3.05, 3.63) is 59.7 Å². The van der Waals surface area contributed by atoms with E-state index in [4.69, 9.17) is 4.74 Å². The van der Waals surface area contributed by atoms with Gasteiger partial charge in [0, 0.05) is 31.1 Å². The van der Waals surface area contributed by atoms with E-state index in [9.17, 15) is 4.79 Å². The van der Waals surface area contributed by atoms with E-state index in [1.165, 1.54) is 16.8 Å². The van der Waals surface area contributed by atoms with Gasteiger partial charge in [-0.3, -0.25) is 0 Å². The van der Waals surface area contributed by atoms with Crippen LogP contribution in [0.3, 0.4) is 0 Å². The summed E-state index contributed by atoms with van der Waals surface area (Å²) in [5.74, 6) is 2.24. The van der Waals surface area contributed by atoms with Crippen LogP contribution in [-0.2, 0) is 11.2 Å². The molecule has 3 rings (SSSR count). The number of ether oxygens (including phenoxy) is 1. The lowest BCUT2D eigenvalue weighted by Crippen LogP contribution is -2.45. The van der Waals surface area contributed by atoms with Crippen LogP contribution in [0.15, 0.2) is 48.5 Å². The van der Waals surface area contributed by atoms with Crippen LogP contribution >= 0.6 is 0 Å². The summed E-state index contributed by atoms with van der Waals surface area (Å²) in [5.41, 5.74) is 4.01. The fraction of sp³-hybridized carbons (Fsp3) is 0.458. The van der Waals surface area contributed by atoms with Gasteiger partial charge in [0.15, 0.2) is 0 Å². The van der Waals surface area contributed by atoms with Crippen molar-refractivity contribution in [3.63, 3.8) is 0 Å². The standard InChI is InChI=1S/C24H31NO2/c1-4-13-27-24-11-9-23(10-12-24)25-16-22(17-25)21-7-5-20(6-8-21)15-18(2)14-19(3)26/h5-12,18,22H,4,13-17H2,1-3H3. The Morgan fingerprint density at radius 2 is 1.78 bits per heavy atom. The molecule has 0 spiro atoms. The average molecular weight is 366 g/mol. The third kappa shape index (κ3) is 5.35. The number of Topliss-reactive ketones (excluding diaryl/α,β-unsaturated/α-hetero) is 1. The van der Waals surface area contributed by atoms with Gasteiger partial charge in [-0.2, -0.15) is 0 Å². The predicted molar refractivity (Wildman–Crippen MR) is 112 cm³/mol. The first-order valence-corrected chi connectivity index (χ1v) is 10.1. The summed E-state index contributed by atoms with van der Waals surface area (Å²) < 4.78 is 5.65. The molecule has 144 valence electrons. The lowest BCUT2D eigenvalue weighted by Gasteiger charge is -2.41. The van der Waals surface area contributed by atoms with E-state index in [1.54, 1.807) is 6.92 Å². The zero-order valence-electron chi connectivity index (χ0n) is 16.8. The second-order valence-corrected chi connectivity index (χ2v) is 7.90. The molecule has 3 nitrogen and oxygen atoms in total. The first kappa shape index (κ1) is 19.5. The summed E-state index contributed by atoms with van der Waals surface area (Å²) in [5, 5.41) is 0. The quantitative estimate of drug-likeness (QED) is 0.609. The minimum Gasteiger partial charge on any atom is -0.494 e. The topological polar surface area (TPSA) is 29.5 Å². The van der Waals surface area contributed by atoms with E-state index in [1.807, 2.05) is 0 Å². The molecule has 0 aromatic heterocycles. The van der Waals surface area contributed by atoms with Crippen molar-refractivity contribution < 1.29 is 9.53 Å². The number of benzene rings is 2. The molecule has 1 aliphatic rings. The summed E-state index contributed by atoms with van der Waals surface area (Å²) in [6.07, 6.45) is 2.68. The number of ketones is 1. The average Bonchev–Trinajstić information content (AvgIpc) is 2.60. The molecule has 1 aliphatic heterocycles. The summed E-state index contributed by atoms with van der Waals surface area (Å²) in [6, 6.07) is 17.4. The molecule has 0 aliphatic carbocycles. The second-order valence-electron chi connectivity index (χ2n) is 7.90. The third-order valence-electron chi connectivity index (χ3n) is 5.23. The smallest absolute Gasteiger partial charge is 0.130 e. The van der Waals surface area contributed by atoms with Gasteiger partial charge >= 0.3 is 0 Å². The van der Waals surface area contributed by atoms with Crippen molar-refractivity contribution in [1.29, 1.82) is 0 Å². The molecular weight excluding hydrogens is 334 g/mol. The van der Waals surface area contributed by atoms with Crippen LogP contribution in [0.1, 0.15) is 50.7 Å². The molecule has 1 heterocycles. The highest BCUT2D eigenvalue weighted by Crippen LogP contribution is 2.32. The Bertz CT molecular complexity index is 730. The lowest BCUT2D eigenvalue weighted by atomic mass is 9.89. The van der Waals surface area contributed by atoms with E-state index in [0.29, 0.717) is 18.3 Å². The number of nitrogens with zero attached hydrogens (tertiary/aromatic N) is 1. The van der Waals surface area contributed by atoms with E-state index >= 15 is 0 Å². The Morgan fingerprint density at radius 3 is 2.37 bits per heavy atom. The largest absolute Gasteiger partial charge is 0.494 e. The number of hydrogen-bond acceptors (Lipinski definition) is 3. The van der Waals surface area contributed by atoms with Gasteiger partial charge in [-0.15, -0.1) is 0 Å². The van der Waals surface area contributed by atoms with Crippen molar-refractivity contribution >= 4 is 11.5 Å². The zero-order valence-corrected chi connectivity index (χ0v) is 16.8. The van der Waals surface area contributed by atoms with Crippen LogP contribution in [0.5, 0.6) is 5.75 Å². The van der Waals surface area contributed by atoms with Crippen LogP contribution in [0.25, 0.3) is 0 Å². The molecule has 0 saturated carbocycles. The minimum absolute atomic E-state index is 0.277. The van der Waals surface area contributed by atoms with Crippen molar-refractivity contribution in [3.8, 4) is 5.75 Å². The number of anilines is 1. The Labute approximate surface area is 163 Å². The van der Waals surface area contributed by atoms with Gasteiger partial charge in [-0.1, -0.05) is 38.1 Å². The van der Waals surface area contributed by atoms with E-state index in [-0.39, 0.29) is 5.78 Å². The van der Waals surface area contributed by atoms with Crippen molar-refractivity contribution in [2.24, 2.45) is 5.92 Å².